The normalized spacial score (nSPS) is 19.1. The van der Waals surface area contributed by atoms with Crippen LogP contribution in [0.1, 0.15) is 50.2 Å². The Morgan fingerprint density at radius 3 is 2.63 bits per heavy atom. The van der Waals surface area contributed by atoms with E-state index in [1.165, 1.54) is 44.1 Å². The molecule has 0 saturated heterocycles. The summed E-state index contributed by atoms with van der Waals surface area (Å²) < 4.78 is 7.49. The van der Waals surface area contributed by atoms with Gasteiger partial charge in [-0.05, 0) is 37.6 Å². The Morgan fingerprint density at radius 1 is 1.26 bits per heavy atom. The predicted molar refractivity (Wildman–Crippen MR) is 83.4 cm³/mol. The Bertz CT molecular complexity index is 375. The van der Waals surface area contributed by atoms with Crippen LogP contribution in [0.3, 0.4) is 0 Å². The lowest BCUT2D eigenvalue weighted by atomic mass is 10.1. The summed E-state index contributed by atoms with van der Waals surface area (Å²) in [6, 6.07) is 8.46. The number of nitrogens with one attached hydrogen (secondary N) is 1. The van der Waals surface area contributed by atoms with E-state index in [0.717, 1.165) is 11.0 Å². The van der Waals surface area contributed by atoms with Crippen molar-refractivity contribution in [3.05, 3.63) is 34.3 Å². The lowest BCUT2D eigenvalue weighted by molar-refractivity contribution is -0.0193. The molecule has 1 aromatic rings. The van der Waals surface area contributed by atoms with Crippen molar-refractivity contribution in [3.8, 4) is 0 Å². The summed E-state index contributed by atoms with van der Waals surface area (Å²) in [5.74, 6) is 0. The summed E-state index contributed by atoms with van der Waals surface area (Å²) >= 11 is 3.54. The van der Waals surface area contributed by atoms with Gasteiger partial charge in [-0.3, -0.25) is 0 Å². The smallest absolute Gasteiger partial charge is 0.0953 e. The fourth-order valence-electron chi connectivity index (χ4n) is 2.75. The summed E-state index contributed by atoms with van der Waals surface area (Å²) in [5.41, 5.74) is 1.26. The molecule has 0 bridgehead atoms. The molecule has 0 radical (unpaired) electrons. The van der Waals surface area contributed by atoms with Crippen LogP contribution < -0.4 is 5.32 Å². The summed E-state index contributed by atoms with van der Waals surface area (Å²) in [4.78, 5) is 0. The number of likely N-dealkylation sites (N-methyl/N-ethyl adjacent to an activating group) is 1. The van der Waals surface area contributed by atoms with Gasteiger partial charge in [-0.25, -0.2) is 0 Å². The van der Waals surface area contributed by atoms with Crippen molar-refractivity contribution in [2.24, 2.45) is 0 Å². The molecule has 3 heteroatoms. The summed E-state index contributed by atoms with van der Waals surface area (Å²) in [6.07, 6.45) is 8.39. The third-order valence-corrected chi connectivity index (χ3v) is 4.26. The van der Waals surface area contributed by atoms with Crippen molar-refractivity contribution in [2.45, 2.75) is 50.7 Å². The SMILES string of the molecule is CNCC(OC1CCCCCC1)c1cccc(Br)c1. The number of halogens is 1. The summed E-state index contributed by atoms with van der Waals surface area (Å²) in [5, 5.41) is 3.25. The molecule has 0 amide bonds. The number of rotatable bonds is 5. The zero-order valence-corrected chi connectivity index (χ0v) is 13.3. The minimum atomic E-state index is 0.158. The van der Waals surface area contributed by atoms with Gasteiger partial charge in [0.25, 0.3) is 0 Å². The monoisotopic (exact) mass is 325 g/mol. The first-order chi connectivity index (χ1) is 9.29. The van der Waals surface area contributed by atoms with Gasteiger partial charge in [-0.1, -0.05) is 53.7 Å². The van der Waals surface area contributed by atoms with E-state index in [0.29, 0.717) is 6.10 Å². The topological polar surface area (TPSA) is 21.3 Å². The van der Waals surface area contributed by atoms with E-state index in [1.807, 2.05) is 7.05 Å². The number of hydrogen-bond donors (Lipinski definition) is 1. The molecule has 0 aliphatic heterocycles. The summed E-state index contributed by atoms with van der Waals surface area (Å²) in [6.45, 7) is 0.868. The molecule has 1 aromatic carbocycles. The largest absolute Gasteiger partial charge is 0.369 e. The standard InChI is InChI=1S/C16H24BrNO/c1-18-12-16(13-7-6-8-14(17)11-13)19-15-9-4-2-3-5-10-15/h6-8,11,15-16,18H,2-5,9-10,12H2,1H3. The summed E-state index contributed by atoms with van der Waals surface area (Å²) in [7, 11) is 1.99. The Kier molecular flexibility index (Phi) is 6.35. The van der Waals surface area contributed by atoms with E-state index >= 15 is 0 Å². The van der Waals surface area contributed by atoms with E-state index in [-0.39, 0.29) is 6.10 Å². The second-order valence-corrected chi connectivity index (χ2v) is 6.27. The van der Waals surface area contributed by atoms with Crippen LogP contribution in [0.5, 0.6) is 0 Å². The highest BCUT2D eigenvalue weighted by Gasteiger charge is 2.19. The van der Waals surface area contributed by atoms with Crippen LogP contribution in [0.25, 0.3) is 0 Å². The van der Waals surface area contributed by atoms with Gasteiger partial charge in [0.15, 0.2) is 0 Å². The predicted octanol–water partition coefficient (Wildman–Crippen LogP) is 4.45. The molecule has 0 spiro atoms. The third-order valence-electron chi connectivity index (χ3n) is 3.77. The van der Waals surface area contributed by atoms with E-state index in [1.54, 1.807) is 0 Å². The highest BCUT2D eigenvalue weighted by atomic mass is 79.9. The second kappa shape index (κ2) is 8.03. The fourth-order valence-corrected chi connectivity index (χ4v) is 3.16. The Hall–Kier alpha value is -0.380. The maximum absolute atomic E-state index is 6.37. The van der Waals surface area contributed by atoms with Crippen molar-refractivity contribution in [1.29, 1.82) is 0 Å². The molecule has 1 aliphatic carbocycles. The van der Waals surface area contributed by atoms with E-state index in [4.69, 9.17) is 4.74 Å². The quantitative estimate of drug-likeness (QED) is 0.807. The lowest BCUT2D eigenvalue weighted by Gasteiger charge is -2.24. The molecule has 1 aliphatic rings. The van der Waals surface area contributed by atoms with Crippen LogP contribution in [0.15, 0.2) is 28.7 Å². The first-order valence-electron chi connectivity index (χ1n) is 7.35. The molecule has 19 heavy (non-hydrogen) atoms. The van der Waals surface area contributed by atoms with Gasteiger partial charge in [-0.15, -0.1) is 0 Å². The number of benzene rings is 1. The fraction of sp³-hybridized carbons (Fsp3) is 0.625. The van der Waals surface area contributed by atoms with Gasteiger partial charge in [0.1, 0.15) is 0 Å². The molecule has 1 saturated carbocycles. The van der Waals surface area contributed by atoms with Crippen LogP contribution in [0.4, 0.5) is 0 Å². The molecule has 0 aromatic heterocycles. The third kappa shape index (κ3) is 4.90. The van der Waals surface area contributed by atoms with Crippen LogP contribution in [0, 0.1) is 0 Å². The molecule has 0 heterocycles. The maximum atomic E-state index is 6.37. The van der Waals surface area contributed by atoms with Gasteiger partial charge in [0, 0.05) is 11.0 Å². The van der Waals surface area contributed by atoms with Gasteiger partial charge in [0.2, 0.25) is 0 Å². The first-order valence-corrected chi connectivity index (χ1v) is 8.14. The molecule has 106 valence electrons. The highest BCUT2D eigenvalue weighted by molar-refractivity contribution is 9.10. The van der Waals surface area contributed by atoms with Crippen molar-refractivity contribution in [2.75, 3.05) is 13.6 Å². The molecule has 1 unspecified atom stereocenters. The Balaban J connectivity index is 2.02. The molecule has 1 N–H and O–H groups in total. The van der Waals surface area contributed by atoms with Crippen LogP contribution >= 0.6 is 15.9 Å². The minimum absolute atomic E-state index is 0.158. The van der Waals surface area contributed by atoms with Crippen LogP contribution in [-0.2, 0) is 4.74 Å². The maximum Gasteiger partial charge on any atom is 0.0953 e. The molecular formula is C16H24BrNO. The van der Waals surface area contributed by atoms with Crippen LogP contribution in [-0.4, -0.2) is 19.7 Å². The molecule has 2 rings (SSSR count). The second-order valence-electron chi connectivity index (χ2n) is 5.35. The molecular weight excluding hydrogens is 302 g/mol. The molecule has 1 fully saturated rings. The first kappa shape index (κ1) is 15.0. The van der Waals surface area contributed by atoms with Crippen molar-refractivity contribution in [1.82, 2.24) is 5.32 Å². The Labute approximate surface area is 125 Å². The lowest BCUT2D eigenvalue weighted by Crippen LogP contribution is -2.24. The van der Waals surface area contributed by atoms with Gasteiger partial charge in [-0.2, -0.15) is 0 Å². The minimum Gasteiger partial charge on any atom is -0.369 e. The van der Waals surface area contributed by atoms with Gasteiger partial charge >= 0.3 is 0 Å². The van der Waals surface area contributed by atoms with Crippen molar-refractivity contribution in [3.63, 3.8) is 0 Å². The number of hydrogen-bond acceptors (Lipinski definition) is 2. The van der Waals surface area contributed by atoms with Gasteiger partial charge in [0.05, 0.1) is 12.2 Å². The zero-order chi connectivity index (χ0) is 13.5. The van der Waals surface area contributed by atoms with Gasteiger partial charge < -0.3 is 10.1 Å². The van der Waals surface area contributed by atoms with E-state index < -0.39 is 0 Å². The van der Waals surface area contributed by atoms with E-state index in [2.05, 4.69) is 45.5 Å². The van der Waals surface area contributed by atoms with Crippen LogP contribution in [0.2, 0.25) is 0 Å². The molecule has 1 atom stereocenters. The highest BCUT2D eigenvalue weighted by Crippen LogP contribution is 2.27. The van der Waals surface area contributed by atoms with Crippen molar-refractivity contribution < 1.29 is 4.74 Å². The van der Waals surface area contributed by atoms with Crippen molar-refractivity contribution >= 4 is 15.9 Å². The average molecular weight is 326 g/mol. The zero-order valence-electron chi connectivity index (χ0n) is 11.7. The number of ether oxygens (including phenoxy) is 1. The Morgan fingerprint density at radius 2 is 2.00 bits per heavy atom. The molecule has 2 nitrogen and oxygen atoms in total. The van der Waals surface area contributed by atoms with E-state index in [9.17, 15) is 0 Å². The average Bonchev–Trinajstić information content (AvgIpc) is 2.67.